The van der Waals surface area contributed by atoms with Crippen molar-refractivity contribution in [1.29, 1.82) is 0 Å². The van der Waals surface area contributed by atoms with E-state index in [0.29, 0.717) is 10.6 Å². The molecule has 2 N–H and O–H groups in total. The molecule has 0 aliphatic carbocycles. The normalized spacial score (nSPS) is 11.4. The molecule has 1 aromatic heterocycles. The highest BCUT2D eigenvalue weighted by Crippen LogP contribution is 2.26. The van der Waals surface area contributed by atoms with E-state index in [1.807, 2.05) is 0 Å². The third-order valence-electron chi connectivity index (χ3n) is 2.48. The van der Waals surface area contributed by atoms with Gasteiger partial charge in [-0.1, -0.05) is 32.1 Å². The van der Waals surface area contributed by atoms with Crippen LogP contribution in [-0.2, 0) is 4.79 Å². The van der Waals surface area contributed by atoms with Crippen molar-refractivity contribution in [2.45, 2.75) is 20.8 Å². The van der Waals surface area contributed by atoms with Crippen molar-refractivity contribution in [2.75, 3.05) is 5.32 Å². The second-order valence-corrected chi connectivity index (χ2v) is 6.73. The first-order valence-corrected chi connectivity index (χ1v) is 7.17. The molecule has 2 rings (SSSR count). The van der Waals surface area contributed by atoms with E-state index in [2.05, 4.69) is 15.6 Å². The van der Waals surface area contributed by atoms with Gasteiger partial charge in [-0.15, -0.1) is 0 Å². The maximum absolute atomic E-state index is 13.1. The lowest BCUT2D eigenvalue weighted by atomic mass is 9.96. The number of fused-ring (bicyclic) bond motifs is 1. The molecule has 0 unspecified atom stereocenters. The molecular formula is C13H14FN3OS2. The third kappa shape index (κ3) is 3.49. The van der Waals surface area contributed by atoms with Crippen molar-refractivity contribution in [3.05, 3.63) is 24.0 Å². The molecule has 0 bridgehead atoms. The Morgan fingerprint density at radius 3 is 2.75 bits per heavy atom. The summed E-state index contributed by atoms with van der Waals surface area (Å²) < 4.78 is 13.8. The number of anilines is 1. The first kappa shape index (κ1) is 14.8. The average Bonchev–Trinajstić information content (AvgIpc) is 2.68. The van der Waals surface area contributed by atoms with E-state index in [1.165, 1.54) is 23.5 Å². The summed E-state index contributed by atoms with van der Waals surface area (Å²) in [6, 6.07) is 4.36. The smallest absolute Gasteiger partial charge is 0.231 e. The number of rotatable bonds is 1. The van der Waals surface area contributed by atoms with Crippen LogP contribution in [-0.4, -0.2) is 16.0 Å². The molecule has 7 heteroatoms. The molecule has 4 nitrogen and oxygen atoms in total. The molecule has 1 aromatic carbocycles. The largest absolute Gasteiger partial charge is 0.308 e. The van der Waals surface area contributed by atoms with Gasteiger partial charge in [0, 0.05) is 5.41 Å². The van der Waals surface area contributed by atoms with E-state index >= 15 is 0 Å². The predicted octanol–water partition coefficient (Wildman–Crippen LogP) is 3.29. The number of amides is 1. The molecule has 106 valence electrons. The highest BCUT2D eigenvalue weighted by atomic mass is 32.1. The number of halogens is 1. The molecule has 0 aliphatic heterocycles. The Labute approximate surface area is 125 Å². The van der Waals surface area contributed by atoms with Crippen LogP contribution in [0.3, 0.4) is 0 Å². The zero-order valence-electron chi connectivity index (χ0n) is 11.3. The number of benzene rings is 1. The highest BCUT2D eigenvalue weighted by molar-refractivity contribution is 7.80. The van der Waals surface area contributed by atoms with Gasteiger partial charge in [0.15, 0.2) is 10.2 Å². The molecule has 20 heavy (non-hydrogen) atoms. The second kappa shape index (κ2) is 5.41. The Morgan fingerprint density at radius 1 is 1.40 bits per heavy atom. The number of thiocarbonyl (C=S) groups is 1. The van der Waals surface area contributed by atoms with E-state index in [-0.39, 0.29) is 16.8 Å². The van der Waals surface area contributed by atoms with Gasteiger partial charge in [-0.25, -0.2) is 9.37 Å². The van der Waals surface area contributed by atoms with Gasteiger partial charge in [0.1, 0.15) is 5.82 Å². The van der Waals surface area contributed by atoms with E-state index in [0.717, 1.165) is 4.70 Å². The van der Waals surface area contributed by atoms with Crippen LogP contribution in [0.1, 0.15) is 20.8 Å². The Balaban J connectivity index is 2.08. The molecule has 0 fully saturated rings. The van der Waals surface area contributed by atoms with Gasteiger partial charge in [-0.05, 0) is 30.4 Å². The molecular weight excluding hydrogens is 297 g/mol. The fraction of sp³-hybridized carbons (Fsp3) is 0.308. The minimum atomic E-state index is -0.525. The first-order chi connectivity index (χ1) is 9.25. The Morgan fingerprint density at radius 2 is 2.10 bits per heavy atom. The fourth-order valence-corrected chi connectivity index (χ4v) is 2.52. The minimum absolute atomic E-state index is 0.179. The molecule has 2 aromatic rings. The summed E-state index contributed by atoms with van der Waals surface area (Å²) in [6.07, 6.45) is 0. The maximum Gasteiger partial charge on any atom is 0.231 e. The van der Waals surface area contributed by atoms with Crippen molar-refractivity contribution in [3.63, 3.8) is 0 Å². The molecule has 0 radical (unpaired) electrons. The lowest BCUT2D eigenvalue weighted by Gasteiger charge is -2.17. The van der Waals surface area contributed by atoms with Crippen LogP contribution in [0.15, 0.2) is 18.2 Å². The number of nitrogens with zero attached hydrogens (tertiary/aromatic N) is 1. The molecule has 0 spiro atoms. The van der Waals surface area contributed by atoms with Gasteiger partial charge in [0.05, 0.1) is 10.2 Å². The molecule has 0 saturated heterocycles. The second-order valence-electron chi connectivity index (χ2n) is 5.29. The van der Waals surface area contributed by atoms with Crippen molar-refractivity contribution in [1.82, 2.24) is 10.3 Å². The SMILES string of the molecule is CC(C)(C)C(=O)NC(=S)Nc1nc2ccc(F)cc2s1. The molecule has 1 heterocycles. The highest BCUT2D eigenvalue weighted by Gasteiger charge is 2.22. The van der Waals surface area contributed by atoms with Gasteiger partial charge in [-0.2, -0.15) is 0 Å². The number of aromatic nitrogens is 1. The lowest BCUT2D eigenvalue weighted by Crippen LogP contribution is -2.41. The quantitative estimate of drug-likeness (QED) is 0.794. The van der Waals surface area contributed by atoms with Crippen molar-refractivity contribution in [2.24, 2.45) is 5.41 Å². The zero-order valence-corrected chi connectivity index (χ0v) is 12.9. The van der Waals surface area contributed by atoms with Crippen LogP contribution >= 0.6 is 23.6 Å². The lowest BCUT2D eigenvalue weighted by molar-refractivity contribution is -0.126. The molecule has 0 aliphatic rings. The van der Waals surface area contributed by atoms with Crippen molar-refractivity contribution < 1.29 is 9.18 Å². The minimum Gasteiger partial charge on any atom is -0.308 e. The van der Waals surface area contributed by atoms with Gasteiger partial charge in [0.2, 0.25) is 5.91 Å². The van der Waals surface area contributed by atoms with Crippen LogP contribution in [0.4, 0.5) is 9.52 Å². The molecule has 0 saturated carbocycles. The summed E-state index contributed by atoms with van der Waals surface area (Å²) >= 11 is 6.33. The molecule has 0 atom stereocenters. The summed E-state index contributed by atoms with van der Waals surface area (Å²) in [7, 11) is 0. The third-order valence-corrected chi connectivity index (χ3v) is 3.62. The van der Waals surface area contributed by atoms with Crippen LogP contribution in [0.2, 0.25) is 0 Å². The number of thiazole rings is 1. The summed E-state index contributed by atoms with van der Waals surface area (Å²) in [4.78, 5) is 16.0. The Kier molecular flexibility index (Phi) is 4.01. The number of hydrogen-bond donors (Lipinski definition) is 2. The summed E-state index contributed by atoms with van der Waals surface area (Å²) in [5, 5.41) is 6.14. The van der Waals surface area contributed by atoms with Crippen molar-refractivity contribution >= 4 is 49.9 Å². The maximum atomic E-state index is 13.1. The van der Waals surface area contributed by atoms with E-state index in [1.54, 1.807) is 26.8 Å². The van der Waals surface area contributed by atoms with Crippen LogP contribution in [0, 0.1) is 11.2 Å². The summed E-state index contributed by atoms with van der Waals surface area (Å²) in [5.41, 5.74) is 0.159. The predicted molar refractivity (Wildman–Crippen MR) is 83.4 cm³/mol. The van der Waals surface area contributed by atoms with E-state index < -0.39 is 5.41 Å². The standard InChI is InChI=1S/C13H14FN3OS2/c1-13(2,3)10(18)16-11(19)17-12-15-8-5-4-7(14)6-9(8)20-12/h4-6H,1-3H3,(H2,15,16,17,18,19). The monoisotopic (exact) mass is 311 g/mol. The van der Waals surface area contributed by atoms with Gasteiger partial charge in [-0.3, -0.25) is 4.79 Å². The Hall–Kier alpha value is -1.60. The topological polar surface area (TPSA) is 54.0 Å². The number of hydrogen-bond acceptors (Lipinski definition) is 4. The number of carbonyl (C=O) groups excluding carboxylic acids is 1. The van der Waals surface area contributed by atoms with Crippen LogP contribution < -0.4 is 10.6 Å². The molecule has 1 amide bonds. The Bertz CT molecular complexity index is 676. The van der Waals surface area contributed by atoms with Crippen LogP contribution in [0.25, 0.3) is 10.2 Å². The summed E-state index contributed by atoms with van der Waals surface area (Å²) in [6.45, 7) is 5.39. The average molecular weight is 311 g/mol. The van der Waals surface area contributed by atoms with Gasteiger partial charge < -0.3 is 10.6 Å². The van der Waals surface area contributed by atoms with Gasteiger partial charge in [0.25, 0.3) is 0 Å². The van der Waals surface area contributed by atoms with Gasteiger partial charge >= 0.3 is 0 Å². The fourth-order valence-electron chi connectivity index (χ4n) is 1.37. The summed E-state index contributed by atoms with van der Waals surface area (Å²) in [5.74, 6) is -0.488. The van der Waals surface area contributed by atoms with Crippen LogP contribution in [0.5, 0.6) is 0 Å². The van der Waals surface area contributed by atoms with E-state index in [9.17, 15) is 9.18 Å². The first-order valence-electron chi connectivity index (χ1n) is 5.94. The number of carbonyl (C=O) groups is 1. The van der Waals surface area contributed by atoms with E-state index in [4.69, 9.17) is 12.2 Å². The zero-order chi connectivity index (χ0) is 14.9. The van der Waals surface area contributed by atoms with Crippen molar-refractivity contribution in [3.8, 4) is 0 Å². The number of nitrogens with one attached hydrogen (secondary N) is 2.